The van der Waals surface area contributed by atoms with Gasteiger partial charge in [-0.25, -0.2) is 0 Å². The van der Waals surface area contributed by atoms with E-state index >= 15 is 0 Å². The van der Waals surface area contributed by atoms with Crippen LogP contribution < -0.4 is 14.2 Å². The van der Waals surface area contributed by atoms with Crippen molar-refractivity contribution >= 4 is 0 Å². The van der Waals surface area contributed by atoms with Gasteiger partial charge in [0.15, 0.2) is 18.1 Å². The molecular formula is C17H16N2O4. The topological polar surface area (TPSA) is 66.6 Å². The van der Waals surface area contributed by atoms with E-state index in [2.05, 4.69) is 10.2 Å². The maximum atomic E-state index is 5.62. The zero-order chi connectivity index (χ0) is 16.1. The van der Waals surface area contributed by atoms with Crippen LogP contribution in [-0.2, 0) is 6.61 Å². The molecule has 6 nitrogen and oxygen atoms in total. The average molecular weight is 312 g/mol. The molecule has 0 aliphatic carbocycles. The smallest absolute Gasteiger partial charge is 0.254 e. The van der Waals surface area contributed by atoms with Crippen molar-refractivity contribution in [2.45, 2.75) is 6.61 Å². The summed E-state index contributed by atoms with van der Waals surface area (Å²) in [7, 11) is 3.16. The molecule has 6 heteroatoms. The molecule has 0 aliphatic rings. The Hall–Kier alpha value is -3.02. The highest BCUT2D eigenvalue weighted by Crippen LogP contribution is 2.31. The van der Waals surface area contributed by atoms with E-state index in [4.69, 9.17) is 18.6 Å². The number of nitrogens with zero attached hydrogens (tertiary/aromatic N) is 2. The third kappa shape index (κ3) is 3.42. The summed E-state index contributed by atoms with van der Waals surface area (Å²) in [5, 5.41) is 8.03. The normalized spacial score (nSPS) is 10.3. The number of methoxy groups -OCH3 is 2. The van der Waals surface area contributed by atoms with Crippen molar-refractivity contribution in [3.05, 3.63) is 54.4 Å². The molecule has 23 heavy (non-hydrogen) atoms. The summed E-state index contributed by atoms with van der Waals surface area (Å²) >= 11 is 0. The predicted molar refractivity (Wildman–Crippen MR) is 83.6 cm³/mol. The van der Waals surface area contributed by atoms with Crippen LogP contribution >= 0.6 is 0 Å². The quantitative estimate of drug-likeness (QED) is 0.695. The van der Waals surface area contributed by atoms with Gasteiger partial charge in [-0.1, -0.05) is 18.2 Å². The van der Waals surface area contributed by atoms with E-state index in [1.54, 1.807) is 26.4 Å². The minimum Gasteiger partial charge on any atom is -0.493 e. The Morgan fingerprint density at radius 2 is 1.70 bits per heavy atom. The van der Waals surface area contributed by atoms with Crippen LogP contribution in [0.5, 0.6) is 17.2 Å². The Morgan fingerprint density at radius 1 is 0.913 bits per heavy atom. The van der Waals surface area contributed by atoms with E-state index in [0.717, 1.165) is 11.3 Å². The second kappa shape index (κ2) is 6.83. The summed E-state index contributed by atoms with van der Waals surface area (Å²) in [5.41, 5.74) is 0.751. The second-order valence-electron chi connectivity index (χ2n) is 4.67. The molecule has 0 saturated carbocycles. The number of hydrogen-bond acceptors (Lipinski definition) is 6. The fourth-order valence-corrected chi connectivity index (χ4v) is 2.06. The van der Waals surface area contributed by atoms with Crippen molar-refractivity contribution in [1.82, 2.24) is 10.2 Å². The first kappa shape index (κ1) is 14.9. The molecule has 3 rings (SSSR count). The lowest BCUT2D eigenvalue weighted by Gasteiger charge is -2.07. The van der Waals surface area contributed by atoms with Crippen molar-refractivity contribution in [2.75, 3.05) is 14.2 Å². The summed E-state index contributed by atoms with van der Waals surface area (Å²) in [6.45, 7) is 0.213. The van der Waals surface area contributed by atoms with Gasteiger partial charge in [-0.3, -0.25) is 0 Å². The minimum absolute atomic E-state index is 0.213. The lowest BCUT2D eigenvalue weighted by molar-refractivity contribution is 0.264. The Labute approximate surface area is 133 Å². The highest BCUT2D eigenvalue weighted by molar-refractivity contribution is 5.59. The first-order valence-corrected chi connectivity index (χ1v) is 7.03. The molecular weight excluding hydrogens is 296 g/mol. The molecule has 0 saturated heterocycles. The molecule has 0 N–H and O–H groups in total. The van der Waals surface area contributed by atoms with E-state index in [1.165, 1.54) is 0 Å². The number of aromatic nitrogens is 2. The standard InChI is InChI=1S/C17H16N2O4/c1-20-14-9-8-12(10-15(14)21-2)17-19-18-16(23-17)11-22-13-6-4-3-5-7-13/h3-10H,11H2,1-2H3. The summed E-state index contributed by atoms with van der Waals surface area (Å²) in [6, 6.07) is 14.9. The van der Waals surface area contributed by atoms with Gasteiger partial charge in [0.1, 0.15) is 5.75 Å². The Bertz CT molecular complexity index is 771. The van der Waals surface area contributed by atoms with Gasteiger partial charge in [0.2, 0.25) is 5.89 Å². The molecule has 1 heterocycles. The molecule has 0 atom stereocenters. The molecule has 118 valence electrons. The molecule has 0 bridgehead atoms. The van der Waals surface area contributed by atoms with Gasteiger partial charge in [-0.2, -0.15) is 0 Å². The monoisotopic (exact) mass is 312 g/mol. The molecule has 0 spiro atoms. The molecule has 3 aromatic rings. The largest absolute Gasteiger partial charge is 0.493 e. The van der Waals surface area contributed by atoms with Crippen LogP contribution in [0.25, 0.3) is 11.5 Å². The minimum atomic E-state index is 0.213. The number of ether oxygens (including phenoxy) is 3. The van der Waals surface area contributed by atoms with Crippen LogP contribution in [-0.4, -0.2) is 24.4 Å². The van der Waals surface area contributed by atoms with Gasteiger partial charge >= 0.3 is 0 Å². The molecule has 1 aromatic heterocycles. The van der Waals surface area contributed by atoms with E-state index in [1.807, 2.05) is 36.4 Å². The van der Waals surface area contributed by atoms with Crippen LogP contribution in [0.3, 0.4) is 0 Å². The highest BCUT2D eigenvalue weighted by atomic mass is 16.5. The first-order chi connectivity index (χ1) is 11.3. The van der Waals surface area contributed by atoms with Gasteiger partial charge in [-0.15, -0.1) is 10.2 Å². The number of hydrogen-bond donors (Lipinski definition) is 0. The second-order valence-corrected chi connectivity index (χ2v) is 4.67. The average Bonchev–Trinajstić information content (AvgIpc) is 3.09. The van der Waals surface area contributed by atoms with E-state index in [0.29, 0.717) is 23.3 Å². The van der Waals surface area contributed by atoms with Crippen molar-refractivity contribution < 1.29 is 18.6 Å². The fourth-order valence-electron chi connectivity index (χ4n) is 2.06. The Kier molecular flexibility index (Phi) is 4.42. The SMILES string of the molecule is COc1ccc(-c2nnc(COc3ccccc3)o2)cc1OC. The van der Waals surface area contributed by atoms with Crippen molar-refractivity contribution in [3.63, 3.8) is 0 Å². The van der Waals surface area contributed by atoms with E-state index < -0.39 is 0 Å². The molecule has 0 amide bonds. The molecule has 0 aliphatic heterocycles. The maximum absolute atomic E-state index is 5.62. The summed E-state index contributed by atoms with van der Waals surface area (Å²) in [4.78, 5) is 0. The van der Waals surface area contributed by atoms with Crippen LogP contribution in [0, 0.1) is 0 Å². The maximum Gasteiger partial charge on any atom is 0.254 e. The van der Waals surface area contributed by atoms with Gasteiger partial charge in [0.05, 0.1) is 14.2 Å². The van der Waals surface area contributed by atoms with Crippen LogP contribution in [0.4, 0.5) is 0 Å². The van der Waals surface area contributed by atoms with Crippen LogP contribution in [0.1, 0.15) is 5.89 Å². The van der Waals surface area contributed by atoms with E-state index in [9.17, 15) is 0 Å². The summed E-state index contributed by atoms with van der Waals surface area (Å²) in [6.07, 6.45) is 0. The van der Waals surface area contributed by atoms with Crippen molar-refractivity contribution in [1.29, 1.82) is 0 Å². The van der Waals surface area contributed by atoms with Crippen LogP contribution in [0.15, 0.2) is 52.9 Å². The zero-order valence-electron chi connectivity index (χ0n) is 12.9. The van der Waals surface area contributed by atoms with Gasteiger partial charge in [0.25, 0.3) is 5.89 Å². The number of para-hydroxylation sites is 1. The highest BCUT2D eigenvalue weighted by Gasteiger charge is 2.12. The van der Waals surface area contributed by atoms with Crippen molar-refractivity contribution in [3.8, 4) is 28.7 Å². The summed E-state index contributed by atoms with van der Waals surface area (Å²) in [5.74, 6) is 2.79. The Balaban J connectivity index is 1.74. The van der Waals surface area contributed by atoms with Gasteiger partial charge < -0.3 is 18.6 Å². The number of rotatable bonds is 6. The molecule has 0 unspecified atom stereocenters. The first-order valence-electron chi connectivity index (χ1n) is 7.03. The molecule has 0 fully saturated rings. The zero-order valence-corrected chi connectivity index (χ0v) is 12.9. The third-order valence-electron chi connectivity index (χ3n) is 3.20. The Morgan fingerprint density at radius 3 is 2.43 bits per heavy atom. The molecule has 2 aromatic carbocycles. The predicted octanol–water partition coefficient (Wildman–Crippen LogP) is 3.33. The lowest BCUT2D eigenvalue weighted by Crippen LogP contribution is -1.95. The van der Waals surface area contributed by atoms with Crippen molar-refractivity contribution in [2.24, 2.45) is 0 Å². The van der Waals surface area contributed by atoms with E-state index in [-0.39, 0.29) is 6.61 Å². The fraction of sp³-hybridized carbons (Fsp3) is 0.176. The van der Waals surface area contributed by atoms with Gasteiger partial charge in [-0.05, 0) is 30.3 Å². The number of benzene rings is 2. The lowest BCUT2D eigenvalue weighted by atomic mass is 10.2. The third-order valence-corrected chi connectivity index (χ3v) is 3.20. The molecule has 0 radical (unpaired) electrons. The van der Waals surface area contributed by atoms with Gasteiger partial charge in [0, 0.05) is 5.56 Å². The summed E-state index contributed by atoms with van der Waals surface area (Å²) < 4.78 is 21.7. The van der Waals surface area contributed by atoms with Crippen LogP contribution in [0.2, 0.25) is 0 Å².